The molecule has 0 bridgehead atoms. The summed E-state index contributed by atoms with van der Waals surface area (Å²) in [4.78, 5) is 16.3. The number of ether oxygens (including phenoxy) is 1. The second-order valence-corrected chi connectivity index (χ2v) is 9.45. The monoisotopic (exact) mass is 488 g/mol. The zero-order valence-corrected chi connectivity index (χ0v) is 21.9. The number of benzene rings is 1. The molecule has 1 N–H and O–H groups in total. The van der Waals surface area contributed by atoms with Crippen molar-refractivity contribution in [2.75, 3.05) is 46.4 Å². The van der Waals surface area contributed by atoms with E-state index in [2.05, 4.69) is 18.7 Å². The minimum atomic E-state index is -0.581. The van der Waals surface area contributed by atoms with Crippen LogP contribution in [0.3, 0.4) is 0 Å². The smallest absolute Gasteiger partial charge is 0.224 e. The van der Waals surface area contributed by atoms with Gasteiger partial charge in [-0.25, -0.2) is 0 Å². The molecule has 184 valence electrons. The van der Waals surface area contributed by atoms with Gasteiger partial charge in [0.25, 0.3) is 0 Å². The summed E-state index contributed by atoms with van der Waals surface area (Å²) in [6.45, 7) is 11.5. The van der Waals surface area contributed by atoms with Gasteiger partial charge in [-0.3, -0.25) is 4.79 Å². The van der Waals surface area contributed by atoms with E-state index in [0.717, 1.165) is 38.0 Å². The lowest BCUT2D eigenvalue weighted by molar-refractivity contribution is -0.136. The lowest BCUT2D eigenvalue weighted by Gasteiger charge is -2.38. The first-order chi connectivity index (χ1) is 15.3. The molecule has 1 aliphatic heterocycles. The van der Waals surface area contributed by atoms with Crippen LogP contribution in [0.4, 0.5) is 0 Å². The highest BCUT2D eigenvalue weighted by molar-refractivity contribution is 6.42. The summed E-state index contributed by atoms with van der Waals surface area (Å²) < 4.78 is 4.96. The van der Waals surface area contributed by atoms with Crippen molar-refractivity contribution >= 4 is 29.1 Å². The number of hydrogen-bond donors (Lipinski definition) is 1. The fourth-order valence-electron chi connectivity index (χ4n) is 3.98. The molecule has 0 atom stereocenters. The number of aliphatic hydroxyl groups is 1. The minimum absolute atomic E-state index is 0.144. The predicted octanol–water partition coefficient (Wildman–Crippen LogP) is 5.58. The summed E-state index contributed by atoms with van der Waals surface area (Å²) in [5.41, 5.74) is 0.437. The average Bonchev–Trinajstić information content (AvgIpc) is 2.77. The van der Waals surface area contributed by atoms with Gasteiger partial charge in [-0.15, -0.1) is 0 Å². The number of hydrogen-bond acceptors (Lipinski definition) is 4. The van der Waals surface area contributed by atoms with Crippen molar-refractivity contribution in [3.63, 3.8) is 0 Å². The fourth-order valence-corrected chi connectivity index (χ4v) is 4.33. The lowest BCUT2D eigenvalue weighted by atomic mass is 9.87. The first-order valence-corrected chi connectivity index (χ1v) is 12.6. The van der Waals surface area contributed by atoms with Crippen molar-refractivity contribution in [3.8, 4) is 0 Å². The maximum atomic E-state index is 12.0. The molecule has 1 saturated heterocycles. The maximum Gasteiger partial charge on any atom is 0.224 e. The molecule has 1 aromatic carbocycles. The first-order valence-electron chi connectivity index (χ1n) is 11.9. The SMILES string of the molecule is CCCN(CCC)CCCC1(O)CCN(C(=O)CCOC)CC1.Cc1cccc(Cl)c1Cl. The summed E-state index contributed by atoms with van der Waals surface area (Å²) in [5, 5.41) is 12.0. The van der Waals surface area contributed by atoms with E-state index in [1.54, 1.807) is 13.2 Å². The zero-order valence-electron chi connectivity index (χ0n) is 20.3. The molecule has 1 amide bonds. The number of rotatable bonds is 11. The number of amides is 1. The first kappa shape index (κ1) is 29.2. The molecule has 32 heavy (non-hydrogen) atoms. The molecule has 1 aliphatic rings. The van der Waals surface area contributed by atoms with Gasteiger partial charge in [-0.05, 0) is 76.7 Å². The Morgan fingerprint density at radius 3 is 2.28 bits per heavy atom. The Morgan fingerprint density at radius 2 is 1.78 bits per heavy atom. The molecule has 0 spiro atoms. The third-order valence-corrected chi connectivity index (χ3v) is 6.82. The maximum absolute atomic E-state index is 12.0. The molecule has 1 heterocycles. The zero-order chi connectivity index (χ0) is 24.0. The van der Waals surface area contributed by atoms with Crippen molar-refractivity contribution in [1.82, 2.24) is 9.80 Å². The van der Waals surface area contributed by atoms with Crippen LogP contribution in [0.2, 0.25) is 10.0 Å². The van der Waals surface area contributed by atoms with Gasteiger partial charge in [0.05, 0.1) is 28.7 Å². The molecule has 0 unspecified atom stereocenters. The van der Waals surface area contributed by atoms with E-state index in [-0.39, 0.29) is 5.91 Å². The van der Waals surface area contributed by atoms with E-state index in [1.165, 1.54) is 12.8 Å². The van der Waals surface area contributed by atoms with Crippen molar-refractivity contribution in [2.45, 2.75) is 71.3 Å². The van der Waals surface area contributed by atoms with Crippen LogP contribution >= 0.6 is 23.2 Å². The molecule has 7 heteroatoms. The number of methoxy groups -OCH3 is 1. The summed E-state index contributed by atoms with van der Waals surface area (Å²) in [5.74, 6) is 0.144. The normalized spacial score (nSPS) is 15.4. The number of halogens is 2. The summed E-state index contributed by atoms with van der Waals surface area (Å²) in [6.07, 6.45) is 6.09. The van der Waals surface area contributed by atoms with Crippen LogP contribution in [0.5, 0.6) is 0 Å². The van der Waals surface area contributed by atoms with Crippen LogP contribution in [0.1, 0.15) is 64.4 Å². The van der Waals surface area contributed by atoms with E-state index in [4.69, 9.17) is 27.9 Å². The van der Waals surface area contributed by atoms with Gasteiger partial charge < -0.3 is 19.6 Å². The molecular formula is C25H42Cl2N2O3. The number of carbonyl (C=O) groups is 1. The van der Waals surface area contributed by atoms with Crippen LogP contribution in [-0.4, -0.2) is 72.9 Å². The van der Waals surface area contributed by atoms with Crippen LogP contribution in [-0.2, 0) is 9.53 Å². The van der Waals surface area contributed by atoms with Crippen LogP contribution in [0.15, 0.2) is 18.2 Å². The van der Waals surface area contributed by atoms with E-state index >= 15 is 0 Å². The highest BCUT2D eigenvalue weighted by atomic mass is 35.5. The molecule has 0 aromatic heterocycles. The quantitative estimate of drug-likeness (QED) is 0.441. The van der Waals surface area contributed by atoms with Crippen molar-refractivity contribution in [1.29, 1.82) is 0 Å². The van der Waals surface area contributed by atoms with Gasteiger partial charge in [-0.1, -0.05) is 49.2 Å². The van der Waals surface area contributed by atoms with E-state index in [1.807, 2.05) is 24.0 Å². The second-order valence-electron chi connectivity index (χ2n) is 8.66. The highest BCUT2D eigenvalue weighted by Crippen LogP contribution is 2.27. The molecule has 0 saturated carbocycles. The topological polar surface area (TPSA) is 53.0 Å². The van der Waals surface area contributed by atoms with Crippen molar-refractivity contribution in [2.24, 2.45) is 0 Å². The molecule has 1 aromatic rings. The Balaban J connectivity index is 0.000000471. The summed E-state index contributed by atoms with van der Waals surface area (Å²) >= 11 is 11.4. The van der Waals surface area contributed by atoms with Crippen LogP contribution in [0.25, 0.3) is 0 Å². The minimum Gasteiger partial charge on any atom is -0.390 e. The van der Waals surface area contributed by atoms with Gasteiger partial charge in [0.1, 0.15) is 0 Å². The molecule has 0 radical (unpaired) electrons. The Morgan fingerprint density at radius 1 is 1.16 bits per heavy atom. The largest absolute Gasteiger partial charge is 0.390 e. The van der Waals surface area contributed by atoms with E-state index in [0.29, 0.717) is 49.0 Å². The van der Waals surface area contributed by atoms with Crippen molar-refractivity contribution < 1.29 is 14.6 Å². The van der Waals surface area contributed by atoms with E-state index < -0.39 is 5.60 Å². The number of likely N-dealkylation sites (tertiary alicyclic amines) is 1. The van der Waals surface area contributed by atoms with Gasteiger partial charge in [0.2, 0.25) is 5.91 Å². The fraction of sp³-hybridized carbons (Fsp3) is 0.720. The Bertz CT molecular complexity index is 638. The van der Waals surface area contributed by atoms with Crippen molar-refractivity contribution in [3.05, 3.63) is 33.8 Å². The highest BCUT2D eigenvalue weighted by Gasteiger charge is 2.33. The van der Waals surface area contributed by atoms with Gasteiger partial charge in [0.15, 0.2) is 0 Å². The van der Waals surface area contributed by atoms with Crippen LogP contribution < -0.4 is 0 Å². The number of piperidine rings is 1. The predicted molar refractivity (Wildman–Crippen MR) is 135 cm³/mol. The summed E-state index contributed by atoms with van der Waals surface area (Å²) in [6, 6.07) is 5.58. The average molecular weight is 490 g/mol. The number of aryl methyl sites for hydroxylation is 1. The standard InChI is InChI=1S/C18H36N2O3.C7H6Cl2/c1-4-11-19(12-5-2)13-6-8-18(22)9-14-20(15-10-18)17(21)7-16-23-3;1-5-3-2-4-6(8)7(5)9/h22H,4-16H2,1-3H3;2-4H,1H3. The summed E-state index contributed by atoms with van der Waals surface area (Å²) in [7, 11) is 1.61. The van der Waals surface area contributed by atoms with Gasteiger partial charge in [0, 0.05) is 20.2 Å². The molecule has 2 rings (SSSR count). The number of nitrogens with zero attached hydrogens (tertiary/aromatic N) is 2. The molecule has 0 aliphatic carbocycles. The Labute approximate surface area is 205 Å². The van der Waals surface area contributed by atoms with Gasteiger partial charge in [-0.2, -0.15) is 0 Å². The second kappa shape index (κ2) is 15.9. The molecule has 5 nitrogen and oxygen atoms in total. The molecular weight excluding hydrogens is 447 g/mol. The lowest BCUT2D eigenvalue weighted by Crippen LogP contribution is -2.47. The van der Waals surface area contributed by atoms with E-state index in [9.17, 15) is 9.90 Å². The Kier molecular flexibility index (Phi) is 14.5. The van der Waals surface area contributed by atoms with Gasteiger partial charge >= 0.3 is 0 Å². The number of carbonyl (C=O) groups excluding carboxylic acids is 1. The third kappa shape index (κ3) is 10.8. The Hall–Kier alpha value is -0.850. The van der Waals surface area contributed by atoms with Crippen LogP contribution in [0, 0.1) is 6.92 Å². The third-order valence-electron chi connectivity index (χ3n) is 5.91. The molecule has 1 fully saturated rings.